The maximum Gasteiger partial charge on any atom is 0.254 e. The van der Waals surface area contributed by atoms with Crippen molar-refractivity contribution in [3.8, 4) is 34.4 Å². The Morgan fingerprint density at radius 2 is 2.03 bits per heavy atom. The van der Waals surface area contributed by atoms with Crippen molar-refractivity contribution in [1.82, 2.24) is 24.3 Å². The first kappa shape index (κ1) is 20.5. The van der Waals surface area contributed by atoms with Crippen LogP contribution in [0.3, 0.4) is 0 Å². The van der Waals surface area contributed by atoms with E-state index in [1.54, 1.807) is 0 Å². The third-order valence-corrected chi connectivity index (χ3v) is 6.89. The number of benzene rings is 2. The van der Waals surface area contributed by atoms with Crippen molar-refractivity contribution in [3.63, 3.8) is 0 Å². The molecule has 7 heteroatoms. The molecule has 2 aliphatic heterocycles. The zero-order chi connectivity index (χ0) is 23.2. The lowest BCUT2D eigenvalue weighted by Gasteiger charge is -2.41. The van der Waals surface area contributed by atoms with Crippen molar-refractivity contribution in [2.45, 2.75) is 19.0 Å². The summed E-state index contributed by atoms with van der Waals surface area (Å²) in [6, 6.07) is 18.2. The minimum atomic E-state index is 0.0930. The molecule has 34 heavy (non-hydrogen) atoms. The number of nitrogens with zero attached hydrogens (tertiary/aromatic N) is 5. The van der Waals surface area contributed by atoms with Crippen LogP contribution in [-0.2, 0) is 6.54 Å². The Kier molecular flexibility index (Phi) is 4.82. The molecular weight excluding hydrogens is 424 g/mol. The molecule has 4 heterocycles. The summed E-state index contributed by atoms with van der Waals surface area (Å²) in [4.78, 5) is 19.8. The number of likely N-dealkylation sites (N-methyl/N-ethyl adjacent to an activating group) is 1. The number of imidazole rings is 1. The lowest BCUT2D eigenvalue weighted by Crippen LogP contribution is -2.54. The van der Waals surface area contributed by atoms with Crippen LogP contribution in [0.2, 0.25) is 0 Å². The first-order valence-corrected chi connectivity index (χ1v) is 11.5. The van der Waals surface area contributed by atoms with Crippen LogP contribution >= 0.6 is 0 Å². The number of amides is 1. The summed E-state index contributed by atoms with van der Waals surface area (Å²) in [5.41, 5.74) is 6.63. The first-order chi connectivity index (χ1) is 16.7. The second-order valence-corrected chi connectivity index (χ2v) is 8.89. The molecular formula is C27H24N6O. The number of likely N-dealkylation sites (tertiary alicyclic amines) is 1. The summed E-state index contributed by atoms with van der Waals surface area (Å²) in [7, 11) is 1.92. The van der Waals surface area contributed by atoms with E-state index in [2.05, 4.69) is 37.8 Å². The maximum atomic E-state index is 13.2. The SMILES string of the molecule is CNC[C@@H]1CCN1C(=O)c1ccc2c(c1)Cn1cc(-c3ccc(C#N)cc3)cc1-c1nccn1-2. The molecule has 1 N–H and O–H groups in total. The highest BCUT2D eigenvalue weighted by molar-refractivity contribution is 5.95. The zero-order valence-corrected chi connectivity index (χ0v) is 18.9. The van der Waals surface area contributed by atoms with Gasteiger partial charge in [0.15, 0.2) is 5.82 Å². The molecule has 2 aliphatic rings. The van der Waals surface area contributed by atoms with Gasteiger partial charge in [-0.25, -0.2) is 4.98 Å². The van der Waals surface area contributed by atoms with E-state index in [4.69, 9.17) is 5.26 Å². The number of hydrogen-bond acceptors (Lipinski definition) is 4. The van der Waals surface area contributed by atoms with Gasteiger partial charge in [-0.3, -0.25) is 9.36 Å². The van der Waals surface area contributed by atoms with Crippen LogP contribution in [-0.4, -0.2) is 51.1 Å². The van der Waals surface area contributed by atoms with Crippen LogP contribution in [0, 0.1) is 11.3 Å². The topological polar surface area (TPSA) is 78.9 Å². The molecule has 0 unspecified atom stereocenters. The van der Waals surface area contributed by atoms with Gasteiger partial charge >= 0.3 is 0 Å². The van der Waals surface area contributed by atoms with E-state index in [-0.39, 0.29) is 11.9 Å². The Balaban J connectivity index is 1.39. The molecule has 6 rings (SSSR count). The fourth-order valence-electron chi connectivity index (χ4n) is 5.00. The molecule has 1 fully saturated rings. The van der Waals surface area contributed by atoms with E-state index in [0.29, 0.717) is 12.1 Å². The fourth-order valence-corrected chi connectivity index (χ4v) is 5.00. The van der Waals surface area contributed by atoms with Crippen molar-refractivity contribution in [3.05, 3.63) is 83.8 Å². The van der Waals surface area contributed by atoms with Crippen LogP contribution < -0.4 is 5.32 Å². The van der Waals surface area contributed by atoms with Crippen LogP contribution in [0.5, 0.6) is 0 Å². The molecule has 1 amide bonds. The number of aromatic nitrogens is 3. The Labute approximate surface area is 197 Å². The molecule has 2 aromatic carbocycles. The summed E-state index contributed by atoms with van der Waals surface area (Å²) < 4.78 is 4.29. The number of nitriles is 1. The van der Waals surface area contributed by atoms with Gasteiger partial charge in [-0.05, 0) is 61.0 Å². The molecule has 1 saturated heterocycles. The van der Waals surface area contributed by atoms with E-state index in [1.807, 2.05) is 66.8 Å². The van der Waals surface area contributed by atoms with Gasteiger partial charge in [-0.15, -0.1) is 0 Å². The largest absolute Gasteiger partial charge is 0.340 e. The molecule has 7 nitrogen and oxygen atoms in total. The van der Waals surface area contributed by atoms with Gasteiger partial charge in [0.05, 0.1) is 23.0 Å². The predicted molar refractivity (Wildman–Crippen MR) is 130 cm³/mol. The molecule has 1 atom stereocenters. The minimum Gasteiger partial charge on any atom is -0.340 e. The molecule has 0 spiro atoms. The smallest absolute Gasteiger partial charge is 0.254 e. The molecule has 2 aromatic heterocycles. The Morgan fingerprint density at radius 3 is 2.76 bits per heavy atom. The summed E-state index contributed by atoms with van der Waals surface area (Å²) in [6.45, 7) is 2.27. The molecule has 0 bridgehead atoms. The monoisotopic (exact) mass is 448 g/mol. The van der Waals surface area contributed by atoms with E-state index in [0.717, 1.165) is 59.0 Å². The third-order valence-electron chi connectivity index (χ3n) is 6.89. The highest BCUT2D eigenvalue weighted by Gasteiger charge is 2.32. The molecule has 4 aromatic rings. The summed E-state index contributed by atoms with van der Waals surface area (Å²) >= 11 is 0. The van der Waals surface area contributed by atoms with Gasteiger partial charge in [-0.2, -0.15) is 5.26 Å². The van der Waals surface area contributed by atoms with Crippen molar-refractivity contribution in [2.24, 2.45) is 0 Å². The maximum absolute atomic E-state index is 13.2. The average Bonchev–Trinajstić information content (AvgIpc) is 3.47. The molecule has 0 radical (unpaired) electrons. The van der Waals surface area contributed by atoms with E-state index in [9.17, 15) is 4.79 Å². The molecule has 0 saturated carbocycles. The van der Waals surface area contributed by atoms with Gasteiger partial charge < -0.3 is 14.8 Å². The molecule has 168 valence electrons. The summed E-state index contributed by atoms with van der Waals surface area (Å²) in [5.74, 6) is 0.963. The van der Waals surface area contributed by atoms with Crippen LogP contribution in [0.4, 0.5) is 0 Å². The van der Waals surface area contributed by atoms with Crippen molar-refractivity contribution < 1.29 is 4.79 Å². The lowest BCUT2D eigenvalue weighted by atomic mass is 9.99. The third kappa shape index (κ3) is 3.23. The van der Waals surface area contributed by atoms with Gasteiger partial charge in [0.1, 0.15) is 0 Å². The number of rotatable bonds is 4. The van der Waals surface area contributed by atoms with E-state index < -0.39 is 0 Å². The Morgan fingerprint density at radius 1 is 1.18 bits per heavy atom. The summed E-state index contributed by atoms with van der Waals surface area (Å²) in [6.07, 6.45) is 6.95. The average molecular weight is 449 g/mol. The highest BCUT2D eigenvalue weighted by atomic mass is 16.2. The van der Waals surface area contributed by atoms with E-state index in [1.165, 1.54) is 0 Å². The zero-order valence-electron chi connectivity index (χ0n) is 18.9. The van der Waals surface area contributed by atoms with Gasteiger partial charge in [0.2, 0.25) is 0 Å². The normalized spacial score (nSPS) is 16.0. The lowest BCUT2D eigenvalue weighted by molar-refractivity contribution is 0.0468. The van der Waals surface area contributed by atoms with E-state index >= 15 is 0 Å². The Bertz CT molecular complexity index is 1440. The van der Waals surface area contributed by atoms with Gasteiger partial charge in [-0.1, -0.05) is 12.1 Å². The first-order valence-electron chi connectivity index (χ1n) is 11.5. The van der Waals surface area contributed by atoms with Crippen LogP contribution in [0.15, 0.2) is 67.1 Å². The molecule has 0 aliphatic carbocycles. The second kappa shape index (κ2) is 8.01. The quantitative estimate of drug-likeness (QED) is 0.455. The Hall–Kier alpha value is -4.15. The number of nitrogens with one attached hydrogen (secondary N) is 1. The predicted octanol–water partition coefficient (Wildman–Crippen LogP) is 3.68. The van der Waals surface area contributed by atoms with Crippen molar-refractivity contribution in [1.29, 1.82) is 5.26 Å². The fraction of sp³-hybridized carbons (Fsp3) is 0.222. The number of carbonyl (C=O) groups excluding carboxylic acids is 1. The number of hydrogen-bond donors (Lipinski definition) is 1. The number of carbonyl (C=O) groups is 1. The summed E-state index contributed by atoms with van der Waals surface area (Å²) in [5, 5.41) is 12.3. The second-order valence-electron chi connectivity index (χ2n) is 8.89. The van der Waals surface area contributed by atoms with Crippen molar-refractivity contribution in [2.75, 3.05) is 20.1 Å². The number of fused-ring (bicyclic) bond motifs is 5. The van der Waals surface area contributed by atoms with Gasteiger partial charge in [0.25, 0.3) is 5.91 Å². The standard InChI is InChI=1S/C27H24N6O/c1-29-15-23-8-10-32(23)27(34)20-6-7-24-22(12-20)17-31-16-21(19-4-2-18(14-28)3-5-19)13-25(31)26-30-9-11-33(24)26/h2-7,9,11-13,16,23,29H,8,10,15,17H2,1H3/t23-/m0/s1. The van der Waals surface area contributed by atoms with Gasteiger partial charge in [0, 0.05) is 55.4 Å². The van der Waals surface area contributed by atoms with Crippen LogP contribution in [0.1, 0.15) is 27.9 Å². The van der Waals surface area contributed by atoms with Crippen molar-refractivity contribution >= 4 is 5.91 Å². The highest BCUT2D eigenvalue weighted by Crippen LogP contribution is 2.34. The minimum absolute atomic E-state index is 0.0930. The van der Waals surface area contributed by atoms with Crippen LogP contribution in [0.25, 0.3) is 28.3 Å².